The number of aromatic nitrogens is 2. The molecule has 3 amide bonds. The van der Waals surface area contributed by atoms with Gasteiger partial charge in [-0.25, -0.2) is 13.9 Å². The number of likely N-dealkylation sites (N-methyl/N-ethyl adjacent to an activating group) is 2. The van der Waals surface area contributed by atoms with E-state index in [1.165, 1.54) is 11.9 Å². The van der Waals surface area contributed by atoms with Gasteiger partial charge in [-0.05, 0) is 6.92 Å². The minimum absolute atomic E-state index is 0.0473. The molecule has 0 N–H and O–H groups in total. The average Bonchev–Trinajstić information content (AvgIpc) is 2.97. The first kappa shape index (κ1) is 14.7. The second-order valence-electron chi connectivity index (χ2n) is 6.83. The molecule has 7 heteroatoms. The molecular formula is C15H22N5O2+. The van der Waals surface area contributed by atoms with Crippen molar-refractivity contribution in [3.05, 3.63) is 11.9 Å². The van der Waals surface area contributed by atoms with Crippen molar-refractivity contribution in [2.45, 2.75) is 45.7 Å². The molecule has 3 heterocycles. The normalized spacial score (nSPS) is 21.2. The number of carbonyl (C=O) groups excluding carboxylic acids is 2. The number of carbonyl (C=O) groups is 2. The fourth-order valence-corrected chi connectivity index (χ4v) is 3.10. The lowest BCUT2D eigenvalue weighted by atomic mass is 9.92. The van der Waals surface area contributed by atoms with E-state index in [0.717, 1.165) is 23.1 Å². The summed E-state index contributed by atoms with van der Waals surface area (Å²) in [5.74, 6) is 1.00. The molecule has 3 rings (SSSR count). The van der Waals surface area contributed by atoms with E-state index in [1.807, 2.05) is 10.8 Å². The molecule has 118 valence electrons. The maximum atomic E-state index is 12.6. The molecule has 0 radical (unpaired) electrons. The number of hydrogen-bond acceptors (Lipinski definition) is 3. The van der Waals surface area contributed by atoms with E-state index in [1.54, 1.807) is 7.05 Å². The van der Waals surface area contributed by atoms with Crippen LogP contribution in [0.4, 0.5) is 10.7 Å². The molecule has 2 aliphatic heterocycles. The minimum atomic E-state index is -0.545. The molecule has 0 spiro atoms. The van der Waals surface area contributed by atoms with Crippen LogP contribution in [0.25, 0.3) is 0 Å². The fourth-order valence-electron chi connectivity index (χ4n) is 3.10. The average molecular weight is 304 g/mol. The number of fused-ring (bicyclic) bond motifs is 3. The number of amides is 3. The summed E-state index contributed by atoms with van der Waals surface area (Å²) in [7, 11) is 3.17. The molecule has 2 aliphatic rings. The second-order valence-corrected chi connectivity index (χ2v) is 6.83. The summed E-state index contributed by atoms with van der Waals surface area (Å²) in [6, 6.07) is -0.888. The molecule has 0 aliphatic carbocycles. The van der Waals surface area contributed by atoms with E-state index in [2.05, 4.69) is 37.3 Å². The lowest BCUT2D eigenvalue weighted by Crippen LogP contribution is -2.61. The maximum Gasteiger partial charge on any atom is 0.401 e. The van der Waals surface area contributed by atoms with Crippen molar-refractivity contribution in [2.75, 3.05) is 14.1 Å². The van der Waals surface area contributed by atoms with Crippen molar-refractivity contribution in [2.24, 2.45) is 4.99 Å². The van der Waals surface area contributed by atoms with Crippen molar-refractivity contribution < 1.29 is 14.2 Å². The molecule has 1 atom stereocenters. The lowest BCUT2D eigenvalue weighted by molar-refractivity contribution is -0.677. The third kappa shape index (κ3) is 1.74. The van der Waals surface area contributed by atoms with E-state index < -0.39 is 6.04 Å². The first-order valence-corrected chi connectivity index (χ1v) is 7.47. The van der Waals surface area contributed by atoms with Crippen LogP contribution in [-0.4, -0.2) is 46.2 Å². The number of imide groups is 1. The van der Waals surface area contributed by atoms with Crippen LogP contribution in [0.3, 0.4) is 0 Å². The predicted octanol–water partition coefficient (Wildman–Crippen LogP) is 1.20. The summed E-state index contributed by atoms with van der Waals surface area (Å²) in [5.41, 5.74) is 1.08. The van der Waals surface area contributed by atoms with Crippen LogP contribution in [0.15, 0.2) is 11.2 Å². The molecule has 7 nitrogen and oxygen atoms in total. The van der Waals surface area contributed by atoms with Gasteiger partial charge in [0.15, 0.2) is 0 Å². The molecule has 1 aromatic rings. The van der Waals surface area contributed by atoms with Crippen molar-refractivity contribution in [1.82, 2.24) is 14.4 Å². The van der Waals surface area contributed by atoms with Crippen LogP contribution in [0.2, 0.25) is 0 Å². The zero-order chi connectivity index (χ0) is 16.4. The first-order chi connectivity index (χ1) is 10.2. The molecule has 22 heavy (non-hydrogen) atoms. The monoisotopic (exact) mass is 304 g/mol. The molecular weight excluding hydrogens is 282 g/mol. The lowest BCUT2D eigenvalue weighted by Gasteiger charge is -2.30. The van der Waals surface area contributed by atoms with Gasteiger partial charge in [0.2, 0.25) is 11.9 Å². The van der Waals surface area contributed by atoms with Crippen LogP contribution >= 0.6 is 0 Å². The summed E-state index contributed by atoms with van der Waals surface area (Å²) < 4.78 is 4.00. The second kappa shape index (κ2) is 4.41. The minimum Gasteiger partial charge on any atom is -0.270 e. The van der Waals surface area contributed by atoms with Crippen LogP contribution in [0, 0.1) is 0 Å². The zero-order valence-electron chi connectivity index (χ0n) is 13.9. The van der Waals surface area contributed by atoms with Gasteiger partial charge < -0.3 is 0 Å². The fraction of sp³-hybridized carbons (Fsp3) is 0.600. The number of hydrogen-bond donors (Lipinski definition) is 0. The number of urea groups is 1. The summed E-state index contributed by atoms with van der Waals surface area (Å²) in [6.07, 6.45) is 2.00. The Morgan fingerprint density at radius 3 is 2.41 bits per heavy atom. The van der Waals surface area contributed by atoms with Gasteiger partial charge in [-0.3, -0.25) is 14.6 Å². The van der Waals surface area contributed by atoms with E-state index >= 15 is 0 Å². The Morgan fingerprint density at radius 1 is 1.23 bits per heavy atom. The number of imidazole rings is 1. The highest BCUT2D eigenvalue weighted by atomic mass is 16.2. The Kier molecular flexibility index (Phi) is 2.95. The number of aliphatic imine (C=N–C) groups is 1. The van der Waals surface area contributed by atoms with Gasteiger partial charge in [0, 0.05) is 19.5 Å². The maximum absolute atomic E-state index is 12.6. The van der Waals surface area contributed by atoms with Crippen LogP contribution in [0.5, 0.6) is 0 Å². The van der Waals surface area contributed by atoms with Crippen molar-refractivity contribution in [3.8, 4) is 0 Å². The number of amidine groups is 1. The third-order valence-electron chi connectivity index (χ3n) is 4.33. The largest absolute Gasteiger partial charge is 0.401 e. The van der Waals surface area contributed by atoms with Crippen molar-refractivity contribution in [1.29, 1.82) is 0 Å². The summed E-state index contributed by atoms with van der Waals surface area (Å²) >= 11 is 0. The Balaban J connectivity index is 2.21. The molecule has 0 saturated carbocycles. The highest BCUT2D eigenvalue weighted by Gasteiger charge is 2.52. The zero-order valence-corrected chi connectivity index (χ0v) is 13.9. The van der Waals surface area contributed by atoms with E-state index in [-0.39, 0.29) is 17.4 Å². The highest BCUT2D eigenvalue weighted by Crippen LogP contribution is 2.32. The van der Waals surface area contributed by atoms with Gasteiger partial charge in [0.1, 0.15) is 11.9 Å². The van der Waals surface area contributed by atoms with Crippen molar-refractivity contribution in [3.63, 3.8) is 0 Å². The molecule has 0 aromatic carbocycles. The van der Waals surface area contributed by atoms with E-state index in [0.29, 0.717) is 5.84 Å². The SMILES string of the molecule is CCn1c(C(C)(C)C)c[n+]2c1N=C1C2C(=O)N(C)C(=O)N1C. The molecule has 1 aromatic heterocycles. The summed E-state index contributed by atoms with van der Waals surface area (Å²) in [6.45, 7) is 9.24. The van der Waals surface area contributed by atoms with E-state index in [4.69, 9.17) is 0 Å². The number of nitrogens with zero attached hydrogens (tertiary/aromatic N) is 5. The van der Waals surface area contributed by atoms with Crippen LogP contribution < -0.4 is 4.57 Å². The molecule has 1 fully saturated rings. The molecule has 1 unspecified atom stereocenters. The van der Waals surface area contributed by atoms with Gasteiger partial charge >= 0.3 is 12.0 Å². The Morgan fingerprint density at radius 2 is 1.86 bits per heavy atom. The van der Waals surface area contributed by atoms with Gasteiger partial charge in [-0.15, -0.1) is 0 Å². The Labute approximate surface area is 129 Å². The first-order valence-electron chi connectivity index (χ1n) is 7.47. The Bertz CT molecular complexity index is 710. The van der Waals surface area contributed by atoms with Crippen LogP contribution in [-0.2, 0) is 16.8 Å². The van der Waals surface area contributed by atoms with Crippen molar-refractivity contribution >= 4 is 23.7 Å². The van der Waals surface area contributed by atoms with Gasteiger partial charge in [0.05, 0.1) is 6.54 Å². The van der Waals surface area contributed by atoms with Gasteiger partial charge in [-0.2, -0.15) is 0 Å². The summed E-state index contributed by atoms with van der Waals surface area (Å²) in [4.78, 5) is 31.8. The smallest absolute Gasteiger partial charge is 0.270 e. The standard InChI is InChI=1S/C15H22N5O2/c1-7-19-9(15(2,3)4)8-20-10-11(16-13(19)20)17(5)14(22)18(6)12(10)21/h8,10H,7H2,1-6H3/q+1. The highest BCUT2D eigenvalue weighted by molar-refractivity contribution is 6.18. The van der Waals surface area contributed by atoms with E-state index in [9.17, 15) is 9.59 Å². The third-order valence-corrected chi connectivity index (χ3v) is 4.33. The predicted molar refractivity (Wildman–Crippen MR) is 81.1 cm³/mol. The Hall–Kier alpha value is -2.18. The van der Waals surface area contributed by atoms with Crippen LogP contribution in [0.1, 0.15) is 39.4 Å². The summed E-state index contributed by atoms with van der Waals surface area (Å²) in [5, 5.41) is 0. The van der Waals surface area contributed by atoms with Gasteiger partial charge in [-0.1, -0.05) is 25.8 Å². The molecule has 0 bridgehead atoms. The number of rotatable bonds is 1. The molecule has 1 saturated heterocycles. The van der Waals surface area contributed by atoms with Gasteiger partial charge in [0.25, 0.3) is 5.91 Å². The quantitative estimate of drug-likeness (QED) is 0.732. The topological polar surface area (TPSA) is 61.8 Å².